The van der Waals surface area contributed by atoms with Crippen molar-refractivity contribution in [1.82, 2.24) is 9.97 Å². The summed E-state index contributed by atoms with van der Waals surface area (Å²) in [6, 6.07) is 5.83. The Bertz CT molecular complexity index is 739. The molecule has 2 aromatic rings. The minimum atomic E-state index is 0.137. The molecule has 0 saturated carbocycles. The predicted molar refractivity (Wildman–Crippen MR) is 86.8 cm³/mol. The van der Waals surface area contributed by atoms with Gasteiger partial charge in [0.2, 0.25) is 5.95 Å². The smallest absolute Gasteiger partial charge is 0.221 e. The summed E-state index contributed by atoms with van der Waals surface area (Å²) in [4.78, 5) is 9.54. The third-order valence-corrected chi connectivity index (χ3v) is 4.20. The predicted octanol–water partition coefficient (Wildman–Crippen LogP) is 2.80. The second kappa shape index (κ2) is 6.54. The fourth-order valence-electron chi connectivity index (χ4n) is 1.97. The molecule has 0 spiro atoms. The van der Waals surface area contributed by atoms with E-state index in [0.717, 1.165) is 10.5 Å². The number of anilines is 2. The first kappa shape index (κ1) is 15.9. The molecule has 1 aromatic heterocycles. The van der Waals surface area contributed by atoms with Crippen LogP contribution in [0.2, 0.25) is 0 Å². The van der Waals surface area contributed by atoms with Gasteiger partial charge < -0.3 is 16.2 Å². The lowest BCUT2D eigenvalue weighted by molar-refractivity contribution is 0.412. The van der Waals surface area contributed by atoms with E-state index in [2.05, 4.69) is 29.9 Å². The van der Waals surface area contributed by atoms with Crippen LogP contribution in [0.15, 0.2) is 28.1 Å². The highest BCUT2D eigenvalue weighted by Crippen LogP contribution is 2.39. The zero-order chi connectivity index (χ0) is 16.3. The fourth-order valence-corrected chi connectivity index (χ4v) is 3.05. The number of aromatic nitrogens is 2. The van der Waals surface area contributed by atoms with Crippen LogP contribution in [0, 0.1) is 11.3 Å². The third kappa shape index (κ3) is 3.23. The molecule has 2 rings (SSSR count). The Balaban J connectivity index is 2.51. The SMILES string of the molecule is COc1cc(C(C)C)c(Sc2cnc(N)nc2N)cc1C#N. The zero-order valence-corrected chi connectivity index (χ0v) is 13.4. The summed E-state index contributed by atoms with van der Waals surface area (Å²) in [5.74, 6) is 1.29. The Morgan fingerprint density at radius 1 is 1.27 bits per heavy atom. The quantitative estimate of drug-likeness (QED) is 0.892. The van der Waals surface area contributed by atoms with Gasteiger partial charge in [0.15, 0.2) is 0 Å². The first-order valence-corrected chi connectivity index (χ1v) is 7.45. The Hall–Kier alpha value is -2.46. The van der Waals surface area contributed by atoms with Gasteiger partial charge in [0.25, 0.3) is 0 Å². The van der Waals surface area contributed by atoms with Gasteiger partial charge in [0, 0.05) is 11.1 Å². The molecule has 7 heteroatoms. The Morgan fingerprint density at radius 2 is 2.00 bits per heavy atom. The van der Waals surface area contributed by atoms with Crippen molar-refractivity contribution in [2.45, 2.75) is 29.6 Å². The average Bonchev–Trinajstić information content (AvgIpc) is 2.49. The molecule has 0 atom stereocenters. The van der Waals surface area contributed by atoms with Gasteiger partial charge in [0.05, 0.1) is 17.6 Å². The van der Waals surface area contributed by atoms with Gasteiger partial charge in [-0.25, -0.2) is 4.98 Å². The number of benzene rings is 1. The van der Waals surface area contributed by atoms with Crippen LogP contribution in [0.4, 0.5) is 11.8 Å². The van der Waals surface area contributed by atoms with Crippen LogP contribution in [-0.2, 0) is 0 Å². The van der Waals surface area contributed by atoms with Crippen molar-refractivity contribution in [2.75, 3.05) is 18.6 Å². The maximum absolute atomic E-state index is 9.26. The largest absolute Gasteiger partial charge is 0.495 e. The van der Waals surface area contributed by atoms with Crippen LogP contribution in [0.3, 0.4) is 0 Å². The van der Waals surface area contributed by atoms with E-state index in [1.807, 2.05) is 6.07 Å². The van der Waals surface area contributed by atoms with Gasteiger partial charge in [0.1, 0.15) is 17.6 Å². The summed E-state index contributed by atoms with van der Waals surface area (Å²) in [5.41, 5.74) is 12.9. The van der Waals surface area contributed by atoms with Crippen molar-refractivity contribution in [2.24, 2.45) is 0 Å². The second-order valence-electron chi connectivity index (χ2n) is 4.94. The maximum atomic E-state index is 9.26. The normalized spacial score (nSPS) is 10.5. The molecular weight excluding hydrogens is 298 g/mol. The molecule has 1 aromatic carbocycles. The summed E-state index contributed by atoms with van der Waals surface area (Å²) in [5, 5.41) is 9.26. The van der Waals surface area contributed by atoms with Crippen LogP contribution in [0.25, 0.3) is 0 Å². The lowest BCUT2D eigenvalue weighted by Gasteiger charge is -2.15. The fraction of sp³-hybridized carbons (Fsp3) is 0.267. The topological polar surface area (TPSA) is 111 Å². The van der Waals surface area contributed by atoms with Crippen LogP contribution >= 0.6 is 11.8 Å². The van der Waals surface area contributed by atoms with Crippen LogP contribution in [0.1, 0.15) is 30.9 Å². The van der Waals surface area contributed by atoms with Gasteiger partial charge in [-0.3, -0.25) is 0 Å². The zero-order valence-electron chi connectivity index (χ0n) is 12.6. The van der Waals surface area contributed by atoms with Crippen molar-refractivity contribution >= 4 is 23.5 Å². The van der Waals surface area contributed by atoms with Gasteiger partial charge in [-0.1, -0.05) is 25.6 Å². The van der Waals surface area contributed by atoms with E-state index in [1.165, 1.54) is 11.8 Å². The summed E-state index contributed by atoms with van der Waals surface area (Å²) in [6.07, 6.45) is 1.59. The van der Waals surface area contributed by atoms with Gasteiger partial charge in [-0.15, -0.1) is 0 Å². The molecule has 0 bridgehead atoms. The van der Waals surface area contributed by atoms with E-state index in [4.69, 9.17) is 16.2 Å². The molecule has 0 aliphatic heterocycles. The number of nitrogens with zero attached hydrogens (tertiary/aromatic N) is 3. The monoisotopic (exact) mass is 315 g/mol. The molecule has 114 valence electrons. The number of nitriles is 1. The molecule has 0 aliphatic rings. The Labute approximate surface area is 133 Å². The molecule has 1 heterocycles. The lowest BCUT2D eigenvalue weighted by Crippen LogP contribution is -2.01. The molecule has 0 aliphatic carbocycles. The molecule has 0 amide bonds. The minimum absolute atomic E-state index is 0.137. The van der Waals surface area contributed by atoms with Crippen molar-refractivity contribution in [1.29, 1.82) is 5.26 Å². The molecule has 6 nitrogen and oxygen atoms in total. The number of methoxy groups -OCH3 is 1. The molecule has 0 saturated heterocycles. The second-order valence-corrected chi connectivity index (χ2v) is 6.02. The first-order chi connectivity index (χ1) is 10.5. The minimum Gasteiger partial charge on any atom is -0.495 e. The summed E-state index contributed by atoms with van der Waals surface area (Å²) >= 11 is 1.41. The van der Waals surface area contributed by atoms with Crippen molar-refractivity contribution < 1.29 is 4.74 Å². The molecular formula is C15H17N5OS. The molecule has 22 heavy (non-hydrogen) atoms. The first-order valence-electron chi connectivity index (χ1n) is 6.64. The van der Waals surface area contributed by atoms with E-state index in [1.54, 1.807) is 19.4 Å². The van der Waals surface area contributed by atoms with Crippen molar-refractivity contribution in [3.8, 4) is 11.8 Å². The highest BCUT2D eigenvalue weighted by atomic mass is 32.2. The molecule has 0 fully saturated rings. The number of nitrogens with two attached hydrogens (primary N) is 2. The lowest BCUT2D eigenvalue weighted by atomic mass is 10.0. The number of ether oxygens (including phenoxy) is 1. The highest BCUT2D eigenvalue weighted by molar-refractivity contribution is 7.99. The summed E-state index contributed by atoms with van der Waals surface area (Å²) in [7, 11) is 1.55. The highest BCUT2D eigenvalue weighted by Gasteiger charge is 2.15. The van der Waals surface area contributed by atoms with E-state index < -0.39 is 0 Å². The summed E-state index contributed by atoms with van der Waals surface area (Å²) in [6.45, 7) is 4.15. The number of hydrogen-bond acceptors (Lipinski definition) is 7. The number of rotatable bonds is 4. The Morgan fingerprint density at radius 3 is 2.55 bits per heavy atom. The van der Waals surface area contributed by atoms with Gasteiger partial charge >= 0.3 is 0 Å². The average molecular weight is 315 g/mol. The van der Waals surface area contributed by atoms with Crippen molar-refractivity contribution in [3.05, 3.63) is 29.5 Å². The molecule has 0 radical (unpaired) electrons. The van der Waals surface area contributed by atoms with Crippen LogP contribution in [0.5, 0.6) is 5.75 Å². The van der Waals surface area contributed by atoms with Crippen LogP contribution < -0.4 is 16.2 Å². The number of nitrogen functional groups attached to an aromatic ring is 2. The third-order valence-electron chi connectivity index (χ3n) is 3.10. The van der Waals surface area contributed by atoms with E-state index in [0.29, 0.717) is 22.0 Å². The standard InChI is InChI=1S/C15H17N5OS/c1-8(2)10-5-11(21-3)9(6-16)4-12(10)22-13-7-19-15(18)20-14(13)17/h4-5,7-8H,1-3H3,(H4,17,18,19,20). The van der Waals surface area contributed by atoms with E-state index >= 15 is 0 Å². The molecule has 0 unspecified atom stereocenters. The maximum Gasteiger partial charge on any atom is 0.221 e. The van der Waals surface area contributed by atoms with Crippen LogP contribution in [-0.4, -0.2) is 17.1 Å². The van der Waals surface area contributed by atoms with E-state index in [9.17, 15) is 5.26 Å². The Kier molecular flexibility index (Phi) is 4.73. The number of hydrogen-bond donors (Lipinski definition) is 2. The summed E-state index contributed by atoms with van der Waals surface area (Å²) < 4.78 is 5.27. The van der Waals surface area contributed by atoms with Gasteiger partial charge in [-0.2, -0.15) is 10.2 Å². The van der Waals surface area contributed by atoms with Gasteiger partial charge in [-0.05, 0) is 23.6 Å². The van der Waals surface area contributed by atoms with Crippen molar-refractivity contribution in [3.63, 3.8) is 0 Å². The molecule has 4 N–H and O–H groups in total. The van der Waals surface area contributed by atoms with E-state index in [-0.39, 0.29) is 11.9 Å².